The number of pyridine rings is 1. The van der Waals surface area contributed by atoms with Crippen molar-refractivity contribution in [3.05, 3.63) is 34.9 Å². The van der Waals surface area contributed by atoms with Gasteiger partial charge in [-0.2, -0.15) is 5.26 Å². The zero-order chi connectivity index (χ0) is 15.5. The van der Waals surface area contributed by atoms with E-state index in [1.807, 2.05) is 0 Å². The van der Waals surface area contributed by atoms with Gasteiger partial charge >= 0.3 is 0 Å². The molecule has 2 heterocycles. The Morgan fingerprint density at radius 2 is 2.23 bits per heavy atom. The highest BCUT2D eigenvalue weighted by molar-refractivity contribution is 6.31. The number of benzene rings is 1. The summed E-state index contributed by atoms with van der Waals surface area (Å²) in [4.78, 5) is 16.5. The van der Waals surface area contributed by atoms with E-state index in [4.69, 9.17) is 11.6 Å². The second kappa shape index (κ2) is 6.20. The molecule has 3 rings (SSSR count). The second-order valence-electron chi connectivity index (χ2n) is 5.31. The molecule has 0 aliphatic carbocycles. The topological polar surface area (TPSA) is 77.8 Å². The van der Waals surface area contributed by atoms with Crippen LogP contribution in [0.1, 0.15) is 24.8 Å². The monoisotopic (exact) mass is 314 g/mol. The van der Waals surface area contributed by atoms with E-state index in [1.165, 1.54) is 0 Å². The van der Waals surface area contributed by atoms with Gasteiger partial charge in [-0.1, -0.05) is 11.6 Å². The average Bonchev–Trinajstić information content (AvgIpc) is 2.72. The number of nitriles is 1. The Balaban J connectivity index is 1.95. The summed E-state index contributed by atoms with van der Waals surface area (Å²) in [5.74, 6) is 0.516. The van der Waals surface area contributed by atoms with Crippen molar-refractivity contribution in [1.82, 2.24) is 10.3 Å². The second-order valence-corrected chi connectivity index (χ2v) is 5.75. The maximum Gasteiger partial charge on any atom is 0.242 e. The number of nitrogens with zero attached hydrogens (tertiary/aromatic N) is 2. The summed E-state index contributed by atoms with van der Waals surface area (Å²) in [6.45, 7) is 0.712. The minimum Gasteiger partial charge on any atom is -0.358 e. The molecular weight excluding hydrogens is 300 g/mol. The van der Waals surface area contributed by atoms with Crippen molar-refractivity contribution in [2.45, 2.75) is 25.3 Å². The molecule has 1 aromatic carbocycles. The molecule has 1 atom stereocenters. The molecule has 1 aliphatic heterocycles. The molecule has 1 saturated heterocycles. The van der Waals surface area contributed by atoms with Crippen molar-refractivity contribution < 1.29 is 4.79 Å². The van der Waals surface area contributed by atoms with E-state index in [2.05, 4.69) is 21.7 Å². The van der Waals surface area contributed by atoms with Gasteiger partial charge in [0.25, 0.3) is 0 Å². The highest BCUT2D eigenvalue weighted by Crippen LogP contribution is 2.24. The third-order valence-electron chi connectivity index (χ3n) is 3.75. The fourth-order valence-electron chi connectivity index (χ4n) is 2.62. The van der Waals surface area contributed by atoms with E-state index < -0.39 is 0 Å². The van der Waals surface area contributed by atoms with Gasteiger partial charge < -0.3 is 10.6 Å². The van der Waals surface area contributed by atoms with Crippen LogP contribution in [-0.2, 0) is 4.79 Å². The molecule has 0 radical (unpaired) electrons. The standard InChI is InChI=1S/C16H15ClN4O/c17-11-4-5-13-12(8-11)10(9-18)7-15(20-13)21-14-3-1-2-6-19-16(14)22/h4-5,7-8,14H,1-3,6H2,(H,19,22)(H,20,21). The summed E-state index contributed by atoms with van der Waals surface area (Å²) >= 11 is 5.97. The van der Waals surface area contributed by atoms with Crippen LogP contribution < -0.4 is 10.6 Å². The van der Waals surface area contributed by atoms with E-state index >= 15 is 0 Å². The number of nitrogens with one attached hydrogen (secondary N) is 2. The van der Waals surface area contributed by atoms with Gasteiger partial charge in [-0.05, 0) is 43.5 Å². The molecule has 1 unspecified atom stereocenters. The van der Waals surface area contributed by atoms with Crippen molar-refractivity contribution in [2.24, 2.45) is 0 Å². The molecule has 1 fully saturated rings. The molecule has 1 aliphatic rings. The zero-order valence-corrected chi connectivity index (χ0v) is 12.7. The first-order valence-corrected chi connectivity index (χ1v) is 7.60. The molecule has 22 heavy (non-hydrogen) atoms. The average molecular weight is 315 g/mol. The highest BCUT2D eigenvalue weighted by Gasteiger charge is 2.21. The van der Waals surface area contributed by atoms with Crippen LogP contribution in [0.4, 0.5) is 5.82 Å². The van der Waals surface area contributed by atoms with Crippen LogP contribution in [0.2, 0.25) is 5.02 Å². The number of aromatic nitrogens is 1. The third-order valence-corrected chi connectivity index (χ3v) is 3.98. The number of hydrogen-bond donors (Lipinski definition) is 2. The van der Waals surface area contributed by atoms with Gasteiger partial charge in [-0.15, -0.1) is 0 Å². The number of carbonyl (C=O) groups excluding carboxylic acids is 1. The minimum atomic E-state index is -0.314. The quantitative estimate of drug-likeness (QED) is 0.893. The predicted molar refractivity (Wildman–Crippen MR) is 85.7 cm³/mol. The van der Waals surface area contributed by atoms with Crippen LogP contribution in [0.25, 0.3) is 10.9 Å². The highest BCUT2D eigenvalue weighted by atomic mass is 35.5. The van der Waals surface area contributed by atoms with Gasteiger partial charge in [0.2, 0.25) is 5.91 Å². The Kier molecular flexibility index (Phi) is 4.12. The lowest BCUT2D eigenvalue weighted by atomic mass is 10.1. The van der Waals surface area contributed by atoms with Crippen LogP contribution in [0.15, 0.2) is 24.3 Å². The molecule has 0 spiro atoms. The van der Waals surface area contributed by atoms with Gasteiger partial charge in [0.05, 0.1) is 17.1 Å². The van der Waals surface area contributed by atoms with Gasteiger partial charge in [0.15, 0.2) is 0 Å². The van der Waals surface area contributed by atoms with Crippen molar-refractivity contribution in [1.29, 1.82) is 5.26 Å². The molecular formula is C16H15ClN4O. The Hall–Kier alpha value is -2.32. The first-order chi connectivity index (χ1) is 10.7. The summed E-state index contributed by atoms with van der Waals surface area (Å²) < 4.78 is 0. The summed E-state index contributed by atoms with van der Waals surface area (Å²) in [5, 5.41) is 16.6. The number of amides is 1. The van der Waals surface area contributed by atoms with Gasteiger partial charge in [0.1, 0.15) is 11.9 Å². The Bertz CT molecular complexity index is 769. The Morgan fingerprint density at radius 1 is 1.36 bits per heavy atom. The lowest BCUT2D eigenvalue weighted by Crippen LogP contribution is -2.38. The van der Waals surface area contributed by atoms with Crippen molar-refractivity contribution in [3.63, 3.8) is 0 Å². The van der Waals surface area contributed by atoms with E-state index in [9.17, 15) is 10.1 Å². The molecule has 1 amide bonds. The van der Waals surface area contributed by atoms with Crippen LogP contribution in [0.3, 0.4) is 0 Å². The third kappa shape index (κ3) is 2.97. The molecule has 112 valence electrons. The minimum absolute atomic E-state index is 0.0194. The Labute approximate surface area is 133 Å². The predicted octanol–water partition coefficient (Wildman–Crippen LogP) is 2.84. The van der Waals surface area contributed by atoms with Crippen LogP contribution >= 0.6 is 11.6 Å². The first kappa shape index (κ1) is 14.6. The van der Waals surface area contributed by atoms with E-state index in [0.717, 1.165) is 19.3 Å². The molecule has 5 nitrogen and oxygen atoms in total. The van der Waals surface area contributed by atoms with E-state index in [1.54, 1.807) is 24.3 Å². The fraction of sp³-hybridized carbons (Fsp3) is 0.312. The van der Waals surface area contributed by atoms with E-state index in [-0.39, 0.29) is 11.9 Å². The van der Waals surface area contributed by atoms with Crippen molar-refractivity contribution in [2.75, 3.05) is 11.9 Å². The molecule has 0 saturated carbocycles. The molecule has 2 aromatic rings. The summed E-state index contributed by atoms with van der Waals surface area (Å²) in [6.07, 6.45) is 2.72. The number of fused-ring (bicyclic) bond motifs is 1. The van der Waals surface area contributed by atoms with Crippen LogP contribution in [0.5, 0.6) is 0 Å². The maximum atomic E-state index is 12.0. The molecule has 6 heteroatoms. The summed E-state index contributed by atoms with van der Waals surface area (Å²) in [7, 11) is 0. The molecule has 0 bridgehead atoms. The fourth-order valence-corrected chi connectivity index (χ4v) is 2.79. The molecule has 1 aromatic heterocycles. The summed E-state index contributed by atoms with van der Waals surface area (Å²) in [6, 6.07) is 8.75. The Morgan fingerprint density at radius 3 is 3.05 bits per heavy atom. The van der Waals surface area contributed by atoms with Crippen molar-refractivity contribution >= 4 is 34.2 Å². The lowest BCUT2D eigenvalue weighted by Gasteiger charge is -2.16. The van der Waals surface area contributed by atoms with Crippen molar-refractivity contribution in [3.8, 4) is 6.07 Å². The number of halogens is 1. The van der Waals surface area contributed by atoms with Crippen LogP contribution in [-0.4, -0.2) is 23.5 Å². The van der Waals surface area contributed by atoms with Crippen LogP contribution in [0, 0.1) is 11.3 Å². The first-order valence-electron chi connectivity index (χ1n) is 7.22. The number of rotatable bonds is 2. The number of hydrogen-bond acceptors (Lipinski definition) is 4. The maximum absolute atomic E-state index is 12.0. The molecule has 2 N–H and O–H groups in total. The normalized spacial score (nSPS) is 18.4. The number of carbonyl (C=O) groups is 1. The van der Waals surface area contributed by atoms with Gasteiger partial charge in [0, 0.05) is 17.0 Å². The zero-order valence-electron chi connectivity index (χ0n) is 11.9. The number of anilines is 1. The largest absolute Gasteiger partial charge is 0.358 e. The van der Waals surface area contributed by atoms with Gasteiger partial charge in [-0.25, -0.2) is 4.98 Å². The van der Waals surface area contributed by atoms with Gasteiger partial charge in [-0.3, -0.25) is 4.79 Å². The van der Waals surface area contributed by atoms with E-state index in [0.29, 0.717) is 33.9 Å². The smallest absolute Gasteiger partial charge is 0.242 e. The summed E-state index contributed by atoms with van der Waals surface area (Å²) in [5.41, 5.74) is 1.17. The lowest BCUT2D eigenvalue weighted by molar-refractivity contribution is -0.121. The SMILES string of the molecule is N#Cc1cc(NC2CCCCNC2=O)nc2ccc(Cl)cc12.